The Hall–Kier alpha value is -3.53. The summed E-state index contributed by atoms with van der Waals surface area (Å²) in [5.74, 6) is -1.77. The van der Waals surface area contributed by atoms with Crippen LogP contribution in [0.5, 0.6) is 0 Å². The van der Waals surface area contributed by atoms with Crippen LogP contribution in [0.3, 0.4) is 0 Å². The van der Waals surface area contributed by atoms with Gasteiger partial charge in [-0.05, 0) is 0 Å². The van der Waals surface area contributed by atoms with Gasteiger partial charge in [0.25, 0.3) is 0 Å². The van der Waals surface area contributed by atoms with Crippen LogP contribution in [0.1, 0.15) is 26.5 Å². The molecule has 3 heterocycles. The maximum Gasteiger partial charge on any atom is 0.333 e. The molecular weight excluding hydrogens is 391 g/mol. The SMILES string of the molecule is CCC(=O)O[C@H]1O[C@@H](n2c(=O)n(CC#N)c3cnc(N)nc32)[C@H](OC(C)=O)[C@H]1F. The van der Waals surface area contributed by atoms with Gasteiger partial charge in [0.2, 0.25) is 18.4 Å². The van der Waals surface area contributed by atoms with Crippen molar-refractivity contribution < 1.29 is 28.2 Å². The van der Waals surface area contributed by atoms with E-state index < -0.39 is 42.4 Å². The third kappa shape index (κ3) is 3.61. The summed E-state index contributed by atoms with van der Waals surface area (Å²) in [6.45, 7) is 2.20. The van der Waals surface area contributed by atoms with Gasteiger partial charge in [0.05, 0.1) is 12.3 Å². The van der Waals surface area contributed by atoms with Crippen molar-refractivity contribution >= 4 is 29.1 Å². The molecular formula is C16H17FN6O6. The van der Waals surface area contributed by atoms with Crippen LogP contribution in [-0.2, 0) is 30.3 Å². The fourth-order valence-electron chi connectivity index (χ4n) is 2.95. The van der Waals surface area contributed by atoms with Crippen molar-refractivity contribution in [3.05, 3.63) is 16.7 Å². The van der Waals surface area contributed by atoms with Crippen molar-refractivity contribution in [2.75, 3.05) is 5.73 Å². The van der Waals surface area contributed by atoms with Crippen molar-refractivity contribution in [3.63, 3.8) is 0 Å². The van der Waals surface area contributed by atoms with Crippen LogP contribution in [0.25, 0.3) is 11.2 Å². The first-order chi connectivity index (χ1) is 13.8. The summed E-state index contributed by atoms with van der Waals surface area (Å²) in [6.07, 6.45) is -5.73. The molecule has 2 aromatic rings. The van der Waals surface area contributed by atoms with Crippen molar-refractivity contribution in [2.45, 2.75) is 51.6 Å². The Morgan fingerprint density at radius 2 is 2.17 bits per heavy atom. The number of hydrogen-bond acceptors (Lipinski definition) is 10. The summed E-state index contributed by atoms with van der Waals surface area (Å²) in [7, 11) is 0. The number of alkyl halides is 1. The number of nitrogens with two attached hydrogens (primary N) is 1. The van der Waals surface area contributed by atoms with Crippen LogP contribution < -0.4 is 11.4 Å². The third-order valence-corrected chi connectivity index (χ3v) is 4.17. The first-order valence-corrected chi connectivity index (χ1v) is 8.54. The van der Waals surface area contributed by atoms with Crippen LogP contribution in [0, 0.1) is 11.3 Å². The van der Waals surface area contributed by atoms with Gasteiger partial charge in [-0.25, -0.2) is 18.7 Å². The quantitative estimate of drug-likeness (QED) is 0.654. The molecule has 0 bridgehead atoms. The summed E-state index contributed by atoms with van der Waals surface area (Å²) in [6, 6.07) is 1.82. The molecule has 2 N–H and O–H groups in total. The second-order valence-electron chi connectivity index (χ2n) is 6.09. The Morgan fingerprint density at radius 1 is 1.45 bits per heavy atom. The van der Waals surface area contributed by atoms with Gasteiger partial charge in [0.15, 0.2) is 18.0 Å². The van der Waals surface area contributed by atoms with Crippen LogP contribution in [-0.4, -0.2) is 49.6 Å². The Bertz CT molecular complexity index is 1060. The lowest BCUT2D eigenvalue weighted by molar-refractivity contribution is -0.188. The fraction of sp³-hybridized carbons (Fsp3) is 0.500. The van der Waals surface area contributed by atoms with Gasteiger partial charge in [0.1, 0.15) is 12.1 Å². The van der Waals surface area contributed by atoms with Crippen molar-refractivity contribution in [1.82, 2.24) is 19.1 Å². The van der Waals surface area contributed by atoms with Crippen LogP contribution in [0.15, 0.2) is 11.0 Å². The molecule has 12 nitrogen and oxygen atoms in total. The number of aromatic nitrogens is 4. The first-order valence-electron chi connectivity index (χ1n) is 8.54. The molecule has 13 heteroatoms. The van der Waals surface area contributed by atoms with E-state index in [9.17, 15) is 18.8 Å². The molecule has 2 aromatic heterocycles. The van der Waals surface area contributed by atoms with E-state index in [0.717, 1.165) is 16.1 Å². The third-order valence-electron chi connectivity index (χ3n) is 4.17. The zero-order valence-electron chi connectivity index (χ0n) is 15.4. The molecule has 0 unspecified atom stereocenters. The lowest BCUT2D eigenvalue weighted by atomic mass is 10.2. The van der Waals surface area contributed by atoms with Crippen molar-refractivity contribution in [3.8, 4) is 6.07 Å². The smallest absolute Gasteiger partial charge is 0.333 e. The molecule has 1 aliphatic heterocycles. The maximum absolute atomic E-state index is 14.9. The summed E-state index contributed by atoms with van der Waals surface area (Å²) in [5.41, 5.74) is 4.88. The number of ether oxygens (including phenoxy) is 3. The minimum Gasteiger partial charge on any atom is -0.454 e. The van der Waals surface area contributed by atoms with Crippen LogP contribution in [0.4, 0.5) is 10.3 Å². The molecule has 0 amide bonds. The molecule has 1 fully saturated rings. The van der Waals surface area contributed by atoms with E-state index in [-0.39, 0.29) is 30.1 Å². The maximum atomic E-state index is 14.9. The second-order valence-corrected chi connectivity index (χ2v) is 6.09. The zero-order chi connectivity index (χ0) is 21.3. The fourth-order valence-corrected chi connectivity index (χ4v) is 2.95. The van der Waals surface area contributed by atoms with Crippen LogP contribution >= 0.6 is 0 Å². The van der Waals surface area contributed by atoms with Crippen molar-refractivity contribution in [1.29, 1.82) is 5.26 Å². The number of nitrogen functional groups attached to an aromatic ring is 1. The molecule has 0 radical (unpaired) electrons. The van der Waals surface area contributed by atoms with Gasteiger partial charge in [0, 0.05) is 13.3 Å². The van der Waals surface area contributed by atoms with E-state index in [4.69, 9.17) is 25.2 Å². The second kappa shape index (κ2) is 7.84. The number of imidazole rings is 1. The highest BCUT2D eigenvalue weighted by Crippen LogP contribution is 2.35. The number of nitrogens with zero attached hydrogens (tertiary/aromatic N) is 5. The van der Waals surface area contributed by atoms with Crippen LogP contribution in [0.2, 0.25) is 0 Å². The number of hydrogen-bond donors (Lipinski definition) is 1. The average molecular weight is 408 g/mol. The number of halogens is 1. The largest absolute Gasteiger partial charge is 0.454 e. The van der Waals surface area contributed by atoms with E-state index in [1.807, 2.05) is 6.07 Å². The Balaban J connectivity index is 2.15. The lowest BCUT2D eigenvalue weighted by Gasteiger charge is -2.19. The van der Waals surface area contributed by atoms with E-state index in [2.05, 4.69) is 9.97 Å². The van der Waals surface area contributed by atoms with E-state index in [1.165, 1.54) is 13.1 Å². The standard InChI is InChI=1S/C16H17FN6O6/c1-3-9(25)28-14-10(17)11(27-7(2)24)13(29-14)23-12-8(6-20-15(19)21-12)22(5-4-18)16(23)26/h6,10-11,13-14H,3,5H2,1-2H3,(H2,19,20,21)/t10-,11-,13-,14+/m1/s1. The predicted octanol–water partition coefficient (Wildman–Crippen LogP) is -0.223. The van der Waals surface area contributed by atoms with Gasteiger partial charge in [-0.15, -0.1) is 0 Å². The molecule has 154 valence electrons. The minimum absolute atomic E-state index is 0.0410. The first kappa shape index (κ1) is 20.2. The molecule has 3 rings (SSSR count). The summed E-state index contributed by atoms with van der Waals surface area (Å²) >= 11 is 0. The van der Waals surface area contributed by atoms with Gasteiger partial charge in [-0.3, -0.25) is 14.2 Å². The molecule has 0 saturated carbocycles. The molecule has 4 atom stereocenters. The minimum atomic E-state index is -2.07. The molecule has 1 saturated heterocycles. The molecule has 1 aliphatic rings. The Morgan fingerprint density at radius 3 is 2.79 bits per heavy atom. The van der Waals surface area contributed by atoms with E-state index >= 15 is 0 Å². The molecule has 0 spiro atoms. The van der Waals surface area contributed by atoms with Crippen molar-refractivity contribution in [2.24, 2.45) is 0 Å². The zero-order valence-corrected chi connectivity index (χ0v) is 15.4. The van der Waals surface area contributed by atoms with Gasteiger partial charge in [-0.1, -0.05) is 6.92 Å². The lowest BCUT2D eigenvalue weighted by Crippen LogP contribution is -2.37. The normalized spacial score (nSPS) is 23.7. The number of anilines is 1. The number of fused-ring (bicyclic) bond motifs is 1. The summed E-state index contributed by atoms with van der Waals surface area (Å²) in [4.78, 5) is 43.7. The van der Waals surface area contributed by atoms with Gasteiger partial charge >= 0.3 is 17.6 Å². The number of carbonyl (C=O) groups excluding carboxylic acids is 2. The molecule has 29 heavy (non-hydrogen) atoms. The Labute approximate surface area is 162 Å². The van der Waals surface area contributed by atoms with E-state index in [0.29, 0.717) is 0 Å². The number of carbonyl (C=O) groups is 2. The van der Waals surface area contributed by atoms with Gasteiger partial charge < -0.3 is 19.9 Å². The number of nitriles is 1. The monoisotopic (exact) mass is 408 g/mol. The highest BCUT2D eigenvalue weighted by molar-refractivity contribution is 5.72. The highest BCUT2D eigenvalue weighted by atomic mass is 19.1. The Kier molecular flexibility index (Phi) is 5.46. The average Bonchev–Trinajstić information content (AvgIpc) is 3.10. The topological polar surface area (TPSA) is 164 Å². The molecule has 0 aromatic carbocycles. The number of esters is 2. The van der Waals surface area contributed by atoms with E-state index in [1.54, 1.807) is 0 Å². The predicted molar refractivity (Wildman–Crippen MR) is 92.6 cm³/mol. The number of rotatable bonds is 5. The molecule has 0 aliphatic carbocycles. The summed E-state index contributed by atoms with van der Waals surface area (Å²) in [5, 5.41) is 9.01. The summed E-state index contributed by atoms with van der Waals surface area (Å²) < 4.78 is 32.2. The van der Waals surface area contributed by atoms with Gasteiger partial charge in [-0.2, -0.15) is 10.2 Å². The highest BCUT2D eigenvalue weighted by Gasteiger charge is 2.51.